The molecule has 0 fully saturated rings. The van der Waals surface area contributed by atoms with Gasteiger partial charge in [0.15, 0.2) is 0 Å². The Labute approximate surface area is 113 Å². The van der Waals surface area contributed by atoms with Gasteiger partial charge in [0.05, 0.1) is 0 Å². The molecule has 0 aliphatic heterocycles. The first-order chi connectivity index (χ1) is 8.67. The average Bonchev–Trinajstić information content (AvgIpc) is 2.81. The fourth-order valence-electron chi connectivity index (χ4n) is 1.98. The molecule has 1 aromatic rings. The normalized spacial score (nSPS) is 12.6. The number of rotatable bonds is 9. The third-order valence-electron chi connectivity index (χ3n) is 2.98. The van der Waals surface area contributed by atoms with Gasteiger partial charge in [-0.15, -0.1) is 11.3 Å². The van der Waals surface area contributed by atoms with Crippen LogP contribution in [0, 0.1) is 0 Å². The van der Waals surface area contributed by atoms with Crippen LogP contribution >= 0.6 is 11.3 Å². The van der Waals surface area contributed by atoms with E-state index in [1.165, 1.54) is 43.4 Å². The molecule has 0 saturated heterocycles. The number of thiophene rings is 1. The minimum Gasteiger partial charge on any atom is -0.477 e. The van der Waals surface area contributed by atoms with E-state index in [4.69, 9.17) is 5.11 Å². The first-order valence-corrected chi connectivity index (χ1v) is 7.54. The van der Waals surface area contributed by atoms with Crippen molar-refractivity contribution in [3.05, 3.63) is 21.9 Å². The molecule has 3 nitrogen and oxygen atoms in total. The van der Waals surface area contributed by atoms with Crippen LogP contribution in [-0.2, 0) is 6.54 Å². The maximum atomic E-state index is 10.8. The molecule has 1 atom stereocenters. The van der Waals surface area contributed by atoms with Crippen LogP contribution in [0.15, 0.2) is 12.1 Å². The lowest BCUT2D eigenvalue weighted by Gasteiger charge is -2.17. The van der Waals surface area contributed by atoms with Gasteiger partial charge >= 0.3 is 5.97 Å². The maximum Gasteiger partial charge on any atom is 0.345 e. The minimum absolute atomic E-state index is 0.424. The summed E-state index contributed by atoms with van der Waals surface area (Å²) in [5.74, 6) is -0.831. The Morgan fingerprint density at radius 2 is 2.11 bits per heavy atom. The second-order valence-electron chi connectivity index (χ2n) is 4.58. The molecule has 1 aromatic heterocycles. The third kappa shape index (κ3) is 5.19. The fraction of sp³-hybridized carbons (Fsp3) is 0.643. The average molecular weight is 269 g/mol. The summed E-state index contributed by atoms with van der Waals surface area (Å²) in [4.78, 5) is 12.3. The monoisotopic (exact) mass is 269 g/mol. The second kappa shape index (κ2) is 8.27. The minimum atomic E-state index is -0.831. The van der Waals surface area contributed by atoms with E-state index in [-0.39, 0.29) is 0 Å². The van der Waals surface area contributed by atoms with Crippen LogP contribution in [0.1, 0.15) is 60.5 Å². The summed E-state index contributed by atoms with van der Waals surface area (Å²) >= 11 is 1.36. The smallest absolute Gasteiger partial charge is 0.345 e. The van der Waals surface area contributed by atoms with Crippen LogP contribution in [0.25, 0.3) is 0 Å². The van der Waals surface area contributed by atoms with E-state index in [0.29, 0.717) is 10.9 Å². The van der Waals surface area contributed by atoms with Gasteiger partial charge < -0.3 is 10.4 Å². The van der Waals surface area contributed by atoms with Gasteiger partial charge in [-0.05, 0) is 25.0 Å². The Hall–Kier alpha value is -0.870. The predicted octanol–water partition coefficient (Wildman–Crippen LogP) is 3.89. The number of aromatic carboxylic acids is 1. The zero-order valence-electron chi connectivity index (χ0n) is 11.2. The van der Waals surface area contributed by atoms with Crippen LogP contribution in [0.2, 0.25) is 0 Å². The molecule has 2 N–H and O–H groups in total. The highest BCUT2D eigenvalue weighted by Crippen LogP contribution is 2.17. The summed E-state index contributed by atoms with van der Waals surface area (Å²) in [5, 5.41) is 12.4. The van der Waals surface area contributed by atoms with Crippen molar-refractivity contribution in [2.24, 2.45) is 0 Å². The number of unbranched alkanes of at least 4 members (excludes halogenated alkanes) is 1. The van der Waals surface area contributed by atoms with Gasteiger partial charge in [-0.2, -0.15) is 0 Å². The Morgan fingerprint density at radius 1 is 1.33 bits per heavy atom. The second-order valence-corrected chi connectivity index (χ2v) is 5.75. The van der Waals surface area contributed by atoms with E-state index in [1.54, 1.807) is 6.07 Å². The molecule has 0 amide bonds. The molecule has 0 bridgehead atoms. The largest absolute Gasteiger partial charge is 0.477 e. The quantitative estimate of drug-likeness (QED) is 0.715. The van der Waals surface area contributed by atoms with Gasteiger partial charge in [0.1, 0.15) is 4.88 Å². The van der Waals surface area contributed by atoms with Crippen molar-refractivity contribution in [3.63, 3.8) is 0 Å². The van der Waals surface area contributed by atoms with Crippen molar-refractivity contribution in [1.82, 2.24) is 5.32 Å². The Balaban J connectivity index is 2.42. The predicted molar refractivity (Wildman–Crippen MR) is 76.3 cm³/mol. The summed E-state index contributed by atoms with van der Waals surface area (Å²) in [6.07, 6.45) is 6.07. The van der Waals surface area contributed by atoms with Crippen molar-refractivity contribution >= 4 is 17.3 Å². The van der Waals surface area contributed by atoms with E-state index >= 15 is 0 Å². The lowest BCUT2D eigenvalue weighted by atomic mass is 10.1. The number of carbonyl (C=O) groups is 1. The summed E-state index contributed by atoms with van der Waals surface area (Å²) in [6, 6.07) is 4.15. The molecule has 0 saturated carbocycles. The van der Waals surface area contributed by atoms with Gasteiger partial charge in [0.25, 0.3) is 0 Å². The first-order valence-electron chi connectivity index (χ1n) is 6.72. The molecule has 18 heavy (non-hydrogen) atoms. The number of hydrogen-bond donors (Lipinski definition) is 2. The Kier molecular flexibility index (Phi) is 6.98. The Bertz CT molecular complexity index is 362. The zero-order valence-corrected chi connectivity index (χ0v) is 12.1. The molecule has 0 aromatic carbocycles. The van der Waals surface area contributed by atoms with Crippen molar-refractivity contribution in [2.75, 3.05) is 0 Å². The maximum absolute atomic E-state index is 10.8. The van der Waals surface area contributed by atoms with Gasteiger partial charge in [0.2, 0.25) is 0 Å². The van der Waals surface area contributed by atoms with Gasteiger partial charge in [-0.3, -0.25) is 0 Å². The molecule has 0 spiro atoms. The third-order valence-corrected chi connectivity index (χ3v) is 4.05. The molecule has 102 valence electrons. The Morgan fingerprint density at radius 3 is 2.67 bits per heavy atom. The SMILES string of the molecule is CCCCC(CCC)NCc1ccc(C(=O)O)s1. The summed E-state index contributed by atoms with van der Waals surface area (Å²) in [5.41, 5.74) is 0. The summed E-state index contributed by atoms with van der Waals surface area (Å²) in [6.45, 7) is 5.20. The lowest BCUT2D eigenvalue weighted by Crippen LogP contribution is -2.28. The van der Waals surface area contributed by atoms with E-state index < -0.39 is 5.97 Å². The molecule has 4 heteroatoms. The van der Waals surface area contributed by atoms with Gasteiger partial charge in [-0.1, -0.05) is 33.1 Å². The standard InChI is InChI=1S/C14H23NO2S/c1-3-5-7-11(6-4-2)15-10-12-8-9-13(18-12)14(16)17/h8-9,11,15H,3-7,10H2,1-2H3,(H,16,17). The van der Waals surface area contributed by atoms with Crippen LogP contribution in [-0.4, -0.2) is 17.1 Å². The van der Waals surface area contributed by atoms with Gasteiger partial charge in [0, 0.05) is 17.5 Å². The van der Waals surface area contributed by atoms with Crippen LogP contribution in [0.4, 0.5) is 0 Å². The molecular weight excluding hydrogens is 246 g/mol. The first kappa shape index (κ1) is 15.2. The van der Waals surface area contributed by atoms with Crippen LogP contribution < -0.4 is 5.32 Å². The molecule has 1 unspecified atom stereocenters. The van der Waals surface area contributed by atoms with E-state index in [0.717, 1.165) is 11.4 Å². The molecule has 0 radical (unpaired) electrons. The summed E-state index contributed by atoms with van der Waals surface area (Å²) < 4.78 is 0. The molecular formula is C14H23NO2S. The molecule has 1 heterocycles. The van der Waals surface area contributed by atoms with Crippen LogP contribution in [0.3, 0.4) is 0 Å². The number of nitrogens with one attached hydrogen (secondary N) is 1. The highest BCUT2D eigenvalue weighted by molar-refractivity contribution is 7.13. The van der Waals surface area contributed by atoms with Crippen molar-refractivity contribution in [3.8, 4) is 0 Å². The zero-order chi connectivity index (χ0) is 13.4. The molecule has 0 aliphatic carbocycles. The highest BCUT2D eigenvalue weighted by atomic mass is 32.1. The highest BCUT2D eigenvalue weighted by Gasteiger charge is 2.09. The number of carboxylic acid groups (broad SMARTS) is 1. The van der Waals surface area contributed by atoms with Crippen molar-refractivity contribution in [2.45, 2.75) is 58.5 Å². The van der Waals surface area contributed by atoms with Crippen molar-refractivity contribution in [1.29, 1.82) is 0 Å². The number of hydrogen-bond acceptors (Lipinski definition) is 3. The van der Waals surface area contributed by atoms with Crippen molar-refractivity contribution < 1.29 is 9.90 Å². The molecule has 0 aliphatic rings. The van der Waals surface area contributed by atoms with E-state index in [9.17, 15) is 4.79 Å². The fourth-order valence-corrected chi connectivity index (χ4v) is 2.78. The van der Waals surface area contributed by atoms with E-state index in [1.807, 2.05) is 6.07 Å². The lowest BCUT2D eigenvalue weighted by molar-refractivity contribution is 0.0702. The topological polar surface area (TPSA) is 49.3 Å². The number of carboxylic acids is 1. The van der Waals surface area contributed by atoms with E-state index in [2.05, 4.69) is 19.2 Å². The summed E-state index contributed by atoms with van der Waals surface area (Å²) in [7, 11) is 0. The van der Waals surface area contributed by atoms with Crippen LogP contribution in [0.5, 0.6) is 0 Å². The van der Waals surface area contributed by atoms with Gasteiger partial charge in [-0.25, -0.2) is 4.79 Å². The molecule has 1 rings (SSSR count).